The van der Waals surface area contributed by atoms with Gasteiger partial charge in [-0.1, -0.05) is 32.4 Å². The Bertz CT molecular complexity index is 1480. The van der Waals surface area contributed by atoms with Crippen LogP contribution in [0, 0.1) is 28.6 Å². The monoisotopic (exact) mass is 534 g/mol. The molecule has 4 N–H and O–H groups in total. The van der Waals surface area contributed by atoms with Crippen LogP contribution in [0.3, 0.4) is 0 Å². The molecule has 8 nitrogen and oxygen atoms in total. The summed E-state index contributed by atoms with van der Waals surface area (Å²) in [5.74, 6) is -2.02. The highest BCUT2D eigenvalue weighted by Crippen LogP contribution is 2.38. The molecule has 5 rings (SSSR count). The maximum absolute atomic E-state index is 15.0. The third kappa shape index (κ3) is 5.06. The lowest BCUT2D eigenvalue weighted by Crippen LogP contribution is -2.46. The van der Waals surface area contributed by atoms with Gasteiger partial charge in [-0.3, -0.25) is 9.99 Å². The van der Waals surface area contributed by atoms with Crippen LogP contribution in [0.25, 0.3) is 10.9 Å². The highest BCUT2D eigenvalue weighted by molar-refractivity contribution is 6.36. The number of rotatable bonds is 7. The van der Waals surface area contributed by atoms with E-state index in [4.69, 9.17) is 19.4 Å². The molecule has 2 radical (unpaired) electrons. The van der Waals surface area contributed by atoms with Crippen molar-refractivity contribution in [3.63, 3.8) is 0 Å². The molecule has 0 amide bonds. The number of halogens is 3. The van der Waals surface area contributed by atoms with E-state index in [9.17, 15) is 9.65 Å². The maximum atomic E-state index is 15.0. The Labute approximate surface area is 225 Å². The number of hydrogen-bond acceptors (Lipinski definition) is 8. The first kappa shape index (κ1) is 26.0. The van der Waals surface area contributed by atoms with Crippen LogP contribution in [0.15, 0.2) is 42.4 Å². The van der Waals surface area contributed by atoms with Crippen LogP contribution in [-0.2, 0) is 5.44 Å². The minimum Gasteiger partial charge on any atom is -0.383 e. The number of hydrazine groups is 2. The molecule has 1 unspecified atom stereocenters. The van der Waals surface area contributed by atoms with Crippen LogP contribution in [-0.4, -0.2) is 35.4 Å². The van der Waals surface area contributed by atoms with Crippen molar-refractivity contribution in [3.8, 4) is 6.07 Å². The first-order valence-corrected chi connectivity index (χ1v) is 12.5. The van der Waals surface area contributed by atoms with Gasteiger partial charge in [-0.15, -0.1) is 5.53 Å². The average molecular weight is 535 g/mol. The van der Waals surface area contributed by atoms with Crippen LogP contribution < -0.4 is 21.6 Å². The Morgan fingerprint density at radius 3 is 2.68 bits per heavy atom. The fourth-order valence-electron chi connectivity index (χ4n) is 4.25. The summed E-state index contributed by atoms with van der Waals surface area (Å²) in [6.45, 7) is 6.81. The van der Waals surface area contributed by atoms with E-state index in [2.05, 4.69) is 58.4 Å². The number of pyridine rings is 2. The molecule has 194 valence electrons. The molecule has 38 heavy (non-hydrogen) atoms. The summed E-state index contributed by atoms with van der Waals surface area (Å²) in [7, 11) is 6.86. The second-order valence-electron chi connectivity index (χ2n) is 10.8. The standard InChI is InChI=1S/C26H26BClF2N8/c1-25(2,3)13-33-22-14(10-31)11-32-23-17(22)8-15(9-19(23)28)35-26(27,18-6-7-21(29)34-24(18)30)20-12-38(37-36-20)16-4-5-16/h6-9,11-12,16,35-37H,4-5,13H2,1-3H3,(H,32,33). The van der Waals surface area contributed by atoms with Gasteiger partial charge in [0, 0.05) is 41.6 Å². The van der Waals surface area contributed by atoms with E-state index in [1.54, 1.807) is 18.3 Å². The lowest BCUT2D eigenvalue weighted by molar-refractivity contribution is 0.260. The van der Waals surface area contributed by atoms with Crippen molar-refractivity contribution in [2.24, 2.45) is 5.41 Å². The third-order valence-electron chi connectivity index (χ3n) is 6.37. The van der Waals surface area contributed by atoms with E-state index in [1.165, 1.54) is 12.3 Å². The van der Waals surface area contributed by atoms with Crippen LogP contribution in [0.5, 0.6) is 0 Å². The number of fused-ring (bicyclic) bond motifs is 1. The van der Waals surface area contributed by atoms with Crippen molar-refractivity contribution in [1.82, 2.24) is 25.9 Å². The number of benzene rings is 1. The molecule has 2 aromatic heterocycles. The summed E-state index contributed by atoms with van der Waals surface area (Å²) in [6, 6.07) is 8.14. The van der Waals surface area contributed by atoms with Crippen molar-refractivity contribution in [2.75, 3.05) is 17.2 Å². The molecule has 2 aliphatic rings. The van der Waals surface area contributed by atoms with Gasteiger partial charge in [-0.25, -0.2) is 0 Å². The number of anilines is 2. The number of nitriles is 1. The largest absolute Gasteiger partial charge is 0.383 e. The summed E-state index contributed by atoms with van der Waals surface area (Å²) in [4.78, 5) is 7.73. The lowest BCUT2D eigenvalue weighted by atomic mass is 9.69. The Kier molecular flexibility index (Phi) is 6.57. The van der Waals surface area contributed by atoms with E-state index >= 15 is 4.39 Å². The molecule has 1 aliphatic carbocycles. The smallest absolute Gasteiger partial charge is 0.220 e. The highest BCUT2D eigenvalue weighted by Gasteiger charge is 2.39. The molecule has 1 saturated carbocycles. The normalized spacial score (nSPS) is 17.0. The van der Waals surface area contributed by atoms with E-state index in [1.807, 2.05) is 5.01 Å². The molecule has 0 bridgehead atoms. The van der Waals surface area contributed by atoms with E-state index < -0.39 is 17.3 Å². The molecule has 1 atom stereocenters. The Balaban J connectivity index is 1.62. The molecule has 1 aromatic carbocycles. The van der Waals surface area contributed by atoms with Gasteiger partial charge in [-0.2, -0.15) is 19.0 Å². The van der Waals surface area contributed by atoms with E-state index in [0.717, 1.165) is 18.9 Å². The Morgan fingerprint density at radius 2 is 2.03 bits per heavy atom. The molecule has 1 aliphatic heterocycles. The summed E-state index contributed by atoms with van der Waals surface area (Å²) in [6.07, 6.45) is 5.25. The molecule has 1 fully saturated rings. The number of hydrogen-bond donors (Lipinski definition) is 4. The maximum Gasteiger partial charge on any atom is 0.220 e. The van der Waals surface area contributed by atoms with Crippen molar-refractivity contribution in [3.05, 3.63) is 70.4 Å². The second-order valence-corrected chi connectivity index (χ2v) is 11.2. The van der Waals surface area contributed by atoms with Gasteiger partial charge in [0.1, 0.15) is 13.9 Å². The zero-order chi connectivity index (χ0) is 27.2. The first-order chi connectivity index (χ1) is 18.0. The number of nitrogens with zero attached hydrogens (tertiary/aromatic N) is 4. The van der Waals surface area contributed by atoms with Crippen LogP contribution in [0.4, 0.5) is 20.2 Å². The Morgan fingerprint density at radius 1 is 1.26 bits per heavy atom. The van der Waals surface area contributed by atoms with Crippen molar-refractivity contribution in [2.45, 2.75) is 45.1 Å². The molecule has 12 heteroatoms. The fraction of sp³-hybridized carbons (Fsp3) is 0.346. The summed E-state index contributed by atoms with van der Waals surface area (Å²) in [5, 5.41) is 19.0. The Hall–Kier alpha value is -3.62. The topological polar surface area (TPSA) is 101 Å². The number of nitrogens with one attached hydrogen (secondary N) is 4. The highest BCUT2D eigenvalue weighted by atomic mass is 35.5. The molecular weight excluding hydrogens is 509 g/mol. The molecule has 3 heterocycles. The van der Waals surface area contributed by atoms with Crippen molar-refractivity contribution >= 4 is 41.7 Å². The molecule has 0 saturated heterocycles. The van der Waals surface area contributed by atoms with Crippen LogP contribution in [0.2, 0.25) is 5.02 Å². The summed E-state index contributed by atoms with van der Waals surface area (Å²) in [5.41, 5.74) is 6.44. The van der Waals surface area contributed by atoms with E-state index in [0.29, 0.717) is 51.1 Å². The predicted octanol–water partition coefficient (Wildman–Crippen LogP) is 4.65. The molecule has 0 spiro atoms. The van der Waals surface area contributed by atoms with Crippen molar-refractivity contribution in [1.29, 1.82) is 5.26 Å². The first-order valence-electron chi connectivity index (χ1n) is 12.2. The summed E-state index contributed by atoms with van der Waals surface area (Å²) >= 11 is 6.64. The van der Waals surface area contributed by atoms with Gasteiger partial charge in [0.2, 0.25) is 11.9 Å². The van der Waals surface area contributed by atoms with Crippen LogP contribution >= 0.6 is 11.6 Å². The van der Waals surface area contributed by atoms with Gasteiger partial charge in [0.15, 0.2) is 0 Å². The second kappa shape index (κ2) is 9.60. The quantitative estimate of drug-likeness (QED) is 0.257. The van der Waals surface area contributed by atoms with Crippen LogP contribution in [0.1, 0.15) is 44.7 Å². The van der Waals surface area contributed by atoms with Gasteiger partial charge in [0.25, 0.3) is 0 Å². The minimum absolute atomic E-state index is 0.0669. The van der Waals surface area contributed by atoms with Gasteiger partial charge in [-0.05, 0) is 42.5 Å². The SMILES string of the molecule is [B]C(Nc1cc(Cl)c2ncc(C#N)c(NCC(C)(C)C)c2c1)(C1=CN(C2CC2)NN1)c1ccc(F)nc1F. The third-order valence-corrected chi connectivity index (χ3v) is 6.66. The fourth-order valence-corrected chi connectivity index (χ4v) is 4.52. The van der Waals surface area contributed by atoms with E-state index in [-0.39, 0.29) is 11.0 Å². The average Bonchev–Trinajstić information content (AvgIpc) is 3.57. The summed E-state index contributed by atoms with van der Waals surface area (Å²) < 4.78 is 28.7. The van der Waals surface area contributed by atoms with Gasteiger partial charge in [0.05, 0.1) is 32.9 Å². The predicted molar refractivity (Wildman–Crippen MR) is 144 cm³/mol. The van der Waals surface area contributed by atoms with Crippen molar-refractivity contribution < 1.29 is 8.78 Å². The van der Waals surface area contributed by atoms with Gasteiger partial charge < -0.3 is 16.1 Å². The minimum atomic E-state index is -1.70. The molecule has 3 aromatic rings. The zero-order valence-corrected chi connectivity index (χ0v) is 21.9. The van der Waals surface area contributed by atoms with Gasteiger partial charge >= 0.3 is 0 Å². The lowest BCUT2D eigenvalue weighted by Gasteiger charge is -2.34. The number of aromatic nitrogens is 2. The molecular formula is C26H26BClF2N8. The zero-order valence-electron chi connectivity index (χ0n) is 21.2.